The summed E-state index contributed by atoms with van der Waals surface area (Å²) >= 11 is 0. The molecule has 1 unspecified atom stereocenters. The fourth-order valence-electron chi connectivity index (χ4n) is 6.00. The van der Waals surface area contributed by atoms with E-state index in [4.69, 9.17) is 4.74 Å². The van der Waals surface area contributed by atoms with Crippen LogP contribution in [-0.4, -0.2) is 60.2 Å². The van der Waals surface area contributed by atoms with Crippen LogP contribution in [0.3, 0.4) is 0 Å². The Labute approximate surface area is 204 Å². The van der Waals surface area contributed by atoms with Crippen LogP contribution in [0.15, 0.2) is 6.07 Å². The predicted octanol–water partition coefficient (Wildman–Crippen LogP) is 2.64. The fraction of sp³-hybridized carbons (Fsp3) is 0.615. The molecule has 1 aromatic rings. The molecule has 8 nitrogen and oxygen atoms in total. The summed E-state index contributed by atoms with van der Waals surface area (Å²) in [7, 11) is 0. The summed E-state index contributed by atoms with van der Waals surface area (Å²) in [5.41, 5.74) is 1.85. The lowest BCUT2D eigenvalue weighted by atomic mass is 9.88. The van der Waals surface area contributed by atoms with Crippen molar-refractivity contribution in [2.75, 3.05) is 18.0 Å². The molecule has 3 amide bonds. The standard InChI is InChI=1S/C26H32FN3O5/c1-15-12-21(29-10-8-18(9-11-29)35-17-4-2-16(14-31)3-5-17)24(27)19-13-30(26(34)23(15)19)20-6-7-22(32)28-25(20)33/h12,14,16-18,20H,2-11,13H2,1H3,(H,28,32,33). The highest BCUT2D eigenvalue weighted by Gasteiger charge is 2.42. The first-order valence-electron chi connectivity index (χ1n) is 12.7. The Bertz CT molecular complexity index is 1040. The highest BCUT2D eigenvalue weighted by Crippen LogP contribution is 2.37. The zero-order valence-electron chi connectivity index (χ0n) is 20.1. The van der Waals surface area contributed by atoms with Crippen LogP contribution in [0, 0.1) is 18.7 Å². The smallest absolute Gasteiger partial charge is 0.255 e. The van der Waals surface area contributed by atoms with Gasteiger partial charge in [0.25, 0.3) is 5.91 Å². The summed E-state index contributed by atoms with van der Waals surface area (Å²) in [6, 6.07) is 0.978. The van der Waals surface area contributed by atoms with Crippen molar-refractivity contribution in [1.82, 2.24) is 10.2 Å². The van der Waals surface area contributed by atoms with Crippen LogP contribution in [0.25, 0.3) is 0 Å². The maximum atomic E-state index is 15.7. The van der Waals surface area contributed by atoms with Gasteiger partial charge in [-0.15, -0.1) is 0 Å². The van der Waals surface area contributed by atoms with Crippen molar-refractivity contribution < 1.29 is 28.3 Å². The maximum Gasteiger partial charge on any atom is 0.255 e. The van der Waals surface area contributed by atoms with Crippen molar-refractivity contribution in [3.8, 4) is 0 Å². The second-order valence-electron chi connectivity index (χ2n) is 10.3. The van der Waals surface area contributed by atoms with E-state index < -0.39 is 17.8 Å². The highest BCUT2D eigenvalue weighted by molar-refractivity contribution is 6.06. The van der Waals surface area contributed by atoms with Crippen molar-refractivity contribution >= 4 is 29.7 Å². The summed E-state index contributed by atoms with van der Waals surface area (Å²) in [4.78, 5) is 51.3. The van der Waals surface area contributed by atoms with Gasteiger partial charge >= 0.3 is 0 Å². The average molecular weight is 486 g/mol. The van der Waals surface area contributed by atoms with Gasteiger partial charge in [-0.3, -0.25) is 19.7 Å². The van der Waals surface area contributed by atoms with Crippen LogP contribution >= 0.6 is 0 Å². The number of rotatable bonds is 5. The van der Waals surface area contributed by atoms with Gasteiger partial charge in [0.05, 0.1) is 30.0 Å². The predicted molar refractivity (Wildman–Crippen MR) is 125 cm³/mol. The number of nitrogens with zero attached hydrogens (tertiary/aromatic N) is 2. The van der Waals surface area contributed by atoms with E-state index in [2.05, 4.69) is 5.32 Å². The second-order valence-corrected chi connectivity index (χ2v) is 10.3. The quantitative estimate of drug-likeness (QED) is 0.509. The third kappa shape index (κ3) is 4.58. The molecule has 1 aliphatic carbocycles. The first kappa shape index (κ1) is 23.9. The van der Waals surface area contributed by atoms with E-state index in [1.54, 1.807) is 13.0 Å². The normalized spacial score (nSPS) is 27.7. The van der Waals surface area contributed by atoms with Gasteiger partial charge in [0, 0.05) is 31.0 Å². The molecule has 4 aliphatic rings. The van der Waals surface area contributed by atoms with E-state index in [1.807, 2.05) is 4.90 Å². The van der Waals surface area contributed by atoms with Crippen molar-refractivity contribution in [2.24, 2.45) is 5.92 Å². The van der Waals surface area contributed by atoms with E-state index in [9.17, 15) is 19.2 Å². The van der Waals surface area contributed by atoms with Crippen LogP contribution in [0.5, 0.6) is 0 Å². The Morgan fingerprint density at radius 1 is 1.03 bits per heavy atom. The molecule has 3 fully saturated rings. The third-order valence-electron chi connectivity index (χ3n) is 8.01. The number of anilines is 1. The lowest BCUT2D eigenvalue weighted by molar-refractivity contribution is -0.137. The Morgan fingerprint density at radius 3 is 2.37 bits per heavy atom. The SMILES string of the molecule is Cc1cc(N2CCC(OC3CCC(C=O)CC3)CC2)c(F)c2c1C(=O)N(C1CCC(=O)NC1=O)C2. The van der Waals surface area contributed by atoms with Crippen LogP contribution in [0.4, 0.5) is 10.1 Å². The van der Waals surface area contributed by atoms with Gasteiger partial charge in [-0.1, -0.05) is 0 Å². The van der Waals surface area contributed by atoms with Crippen molar-refractivity contribution in [2.45, 2.75) is 83.1 Å². The van der Waals surface area contributed by atoms with Crippen molar-refractivity contribution in [3.63, 3.8) is 0 Å². The molecule has 3 heterocycles. The van der Waals surface area contributed by atoms with Gasteiger partial charge in [-0.2, -0.15) is 0 Å². The summed E-state index contributed by atoms with van der Waals surface area (Å²) in [6.45, 7) is 3.16. The van der Waals surface area contributed by atoms with Gasteiger partial charge < -0.3 is 19.3 Å². The number of amides is 3. The minimum absolute atomic E-state index is 0.0317. The molecule has 188 valence electrons. The number of imide groups is 1. The largest absolute Gasteiger partial charge is 0.375 e. The zero-order chi connectivity index (χ0) is 24.7. The van der Waals surface area contributed by atoms with Gasteiger partial charge in [-0.25, -0.2) is 4.39 Å². The molecule has 9 heteroatoms. The highest BCUT2D eigenvalue weighted by atomic mass is 19.1. The number of hydrogen-bond acceptors (Lipinski definition) is 6. The fourth-order valence-corrected chi connectivity index (χ4v) is 6.00. The first-order valence-corrected chi connectivity index (χ1v) is 12.7. The number of nitrogens with one attached hydrogen (secondary N) is 1. The van der Waals surface area contributed by atoms with Crippen LogP contribution in [-0.2, 0) is 25.7 Å². The van der Waals surface area contributed by atoms with Crippen LogP contribution < -0.4 is 10.2 Å². The first-order chi connectivity index (χ1) is 16.9. The van der Waals surface area contributed by atoms with E-state index in [1.165, 1.54) is 4.90 Å². The van der Waals surface area contributed by atoms with Crippen LogP contribution in [0.1, 0.15) is 72.9 Å². The maximum absolute atomic E-state index is 15.7. The summed E-state index contributed by atoms with van der Waals surface area (Å²) in [5.74, 6) is -1.43. The molecule has 0 bridgehead atoms. The summed E-state index contributed by atoms with van der Waals surface area (Å²) in [6.07, 6.45) is 7.01. The van der Waals surface area contributed by atoms with E-state index >= 15 is 4.39 Å². The molecule has 1 saturated carbocycles. The molecule has 0 radical (unpaired) electrons. The number of benzene rings is 1. The molecule has 3 aliphatic heterocycles. The molecule has 1 N–H and O–H groups in total. The molecule has 35 heavy (non-hydrogen) atoms. The van der Waals surface area contributed by atoms with Crippen LogP contribution in [0.2, 0.25) is 0 Å². The summed E-state index contributed by atoms with van der Waals surface area (Å²) in [5, 5.41) is 2.28. The lowest BCUT2D eigenvalue weighted by Crippen LogP contribution is -2.52. The van der Waals surface area contributed by atoms with Gasteiger partial charge in [0.2, 0.25) is 11.8 Å². The third-order valence-corrected chi connectivity index (χ3v) is 8.01. The number of halogens is 1. The molecule has 0 aromatic heterocycles. The second kappa shape index (κ2) is 9.68. The molecule has 1 aromatic carbocycles. The number of ether oxygens (including phenoxy) is 1. The summed E-state index contributed by atoms with van der Waals surface area (Å²) < 4.78 is 22.0. The molecule has 0 spiro atoms. The molecule has 5 rings (SSSR count). The van der Waals surface area contributed by atoms with Crippen molar-refractivity contribution in [3.05, 3.63) is 28.6 Å². The minimum Gasteiger partial charge on any atom is -0.375 e. The minimum atomic E-state index is -0.760. The van der Waals surface area contributed by atoms with E-state index in [0.29, 0.717) is 35.5 Å². The van der Waals surface area contributed by atoms with E-state index in [-0.39, 0.29) is 49.3 Å². The average Bonchev–Trinajstić information content (AvgIpc) is 3.20. The number of aryl methyl sites for hydroxylation is 1. The zero-order valence-corrected chi connectivity index (χ0v) is 20.1. The monoisotopic (exact) mass is 485 g/mol. The van der Waals surface area contributed by atoms with Gasteiger partial charge in [-0.05, 0) is 63.5 Å². The molecule has 1 atom stereocenters. The van der Waals surface area contributed by atoms with Crippen molar-refractivity contribution in [1.29, 1.82) is 0 Å². The number of hydrogen-bond donors (Lipinski definition) is 1. The Balaban J connectivity index is 1.25. The Morgan fingerprint density at radius 2 is 1.71 bits per heavy atom. The topological polar surface area (TPSA) is 96.0 Å². The Kier molecular flexibility index (Phi) is 6.61. The molecular formula is C26H32FN3O5. The number of piperidine rings is 2. The van der Waals surface area contributed by atoms with Gasteiger partial charge in [0.1, 0.15) is 12.3 Å². The Hall–Kier alpha value is -2.81. The number of carbonyl (C=O) groups is 4. The lowest BCUT2D eigenvalue weighted by Gasteiger charge is -2.37. The van der Waals surface area contributed by atoms with Gasteiger partial charge in [0.15, 0.2) is 5.82 Å². The van der Waals surface area contributed by atoms with E-state index in [0.717, 1.165) is 44.8 Å². The molecular weight excluding hydrogens is 453 g/mol. The number of fused-ring (bicyclic) bond motifs is 1. The number of aldehydes is 1. The number of carbonyl (C=O) groups excluding carboxylic acids is 4. The molecule has 2 saturated heterocycles.